The van der Waals surface area contributed by atoms with Crippen molar-refractivity contribution in [2.45, 2.75) is 197 Å². The molecule has 1 aromatic carbocycles. The van der Waals surface area contributed by atoms with Crippen molar-refractivity contribution in [3.05, 3.63) is 29.8 Å². The monoisotopic (exact) mass is 1400 g/mol. The Bertz CT molecular complexity index is 2910. The number of carboxylic acids is 1. The second-order valence-electron chi connectivity index (χ2n) is 23.1. The van der Waals surface area contributed by atoms with Crippen LogP contribution in [0.25, 0.3) is 0 Å². The van der Waals surface area contributed by atoms with Crippen LogP contribution in [0.15, 0.2) is 24.3 Å². The average molecular weight is 1400 g/mol. The molecule has 0 saturated heterocycles. The minimum absolute atomic E-state index is 0.0984. The zero-order valence-corrected chi connectivity index (χ0v) is 55.2. The lowest BCUT2D eigenvalue weighted by Gasteiger charge is -2.29. The standard InChI is InChI=1S/C59H97N17O22/c1-6-28(2)46(75-51(90)35(11-7-9-21-60)67-54(93)39(24-44(63)84)70-49(88)29(3)65-31(5)81)58(97)74-42(27-79)56(95)71-38(23-32-13-15-33(82)16-14-32)53(92)69-37(17-19-43(62)83)50(89)72-41(26-78)57(96)73-40(25-77)55(94)68-36(12-8-10-22-61)52(91)76-47(30(4)80)59(98)66-34(48(64)87)18-20-45(85)86/h13-16,28-30,34-42,46-47,77-80,82H,6-12,17-27,60-61H2,1-5H3,(H2,62,83)(H2,63,84)(H2,64,87)(H,65,81)(H,66,98)(H,67,93)(H,68,94)(H,69,92)(H,70,88)(H,71,95)(H,72,89)(H,73,96)(H,74,97)(H,75,90)(H,76,91)(H,85,86)/t28-,29-,30+,34+,35-,36+,37-,38-,39-,40-,41-,42-,46-,47-/m0/s1. The molecule has 0 bridgehead atoms. The first-order chi connectivity index (χ1) is 46.1. The number of hydrogen-bond donors (Lipinski definition) is 23. The van der Waals surface area contributed by atoms with Crippen LogP contribution < -0.4 is 92.5 Å². The third-order valence-electron chi connectivity index (χ3n) is 14.9. The maximum atomic E-state index is 14.4. The molecule has 0 aromatic heterocycles. The summed E-state index contributed by atoms with van der Waals surface area (Å²) in [6.45, 7) is 3.41. The maximum Gasteiger partial charge on any atom is 0.303 e. The molecule has 0 spiro atoms. The van der Waals surface area contributed by atoms with Gasteiger partial charge in [-0.05, 0) is 102 Å². The van der Waals surface area contributed by atoms with E-state index in [0.717, 1.165) is 13.8 Å². The second kappa shape index (κ2) is 44.9. The zero-order chi connectivity index (χ0) is 74.5. The Balaban J connectivity index is 3.57. The van der Waals surface area contributed by atoms with Crippen molar-refractivity contribution >= 4 is 94.6 Å². The minimum Gasteiger partial charge on any atom is -0.508 e. The van der Waals surface area contributed by atoms with Crippen LogP contribution in [0.5, 0.6) is 5.75 Å². The highest BCUT2D eigenvalue weighted by molar-refractivity contribution is 6.00. The third kappa shape index (κ3) is 31.9. The molecule has 550 valence electrons. The van der Waals surface area contributed by atoms with Crippen molar-refractivity contribution in [3.63, 3.8) is 0 Å². The molecule has 0 radical (unpaired) electrons. The summed E-state index contributed by atoms with van der Waals surface area (Å²) < 4.78 is 0. The van der Waals surface area contributed by atoms with Gasteiger partial charge in [-0.3, -0.25) is 76.7 Å². The Morgan fingerprint density at radius 2 is 0.796 bits per heavy atom. The lowest BCUT2D eigenvalue weighted by Crippen LogP contribution is -2.62. The van der Waals surface area contributed by atoms with E-state index in [9.17, 15) is 102 Å². The number of aliphatic hydroxyl groups is 4. The predicted octanol–water partition coefficient (Wildman–Crippen LogP) is -10.1. The number of amides is 15. The molecular formula is C59H97N17O22. The smallest absolute Gasteiger partial charge is 0.303 e. The van der Waals surface area contributed by atoms with Crippen LogP contribution >= 0.6 is 0 Å². The molecule has 39 nitrogen and oxygen atoms in total. The molecule has 1 rings (SSSR count). The number of aliphatic hydroxyl groups excluding tert-OH is 4. The van der Waals surface area contributed by atoms with Gasteiger partial charge in [-0.1, -0.05) is 32.4 Å². The number of aliphatic carboxylic acids is 1. The average Bonchev–Trinajstić information content (AvgIpc) is 0.864. The molecule has 39 heteroatoms. The van der Waals surface area contributed by atoms with E-state index in [1.54, 1.807) is 6.92 Å². The van der Waals surface area contributed by atoms with Crippen molar-refractivity contribution in [1.82, 2.24) is 63.8 Å². The predicted molar refractivity (Wildman–Crippen MR) is 343 cm³/mol. The largest absolute Gasteiger partial charge is 0.508 e. The number of phenols is 1. The van der Waals surface area contributed by atoms with Crippen molar-refractivity contribution in [1.29, 1.82) is 0 Å². The van der Waals surface area contributed by atoms with Gasteiger partial charge in [0.2, 0.25) is 88.6 Å². The summed E-state index contributed by atoms with van der Waals surface area (Å²) in [4.78, 5) is 210. The molecule has 0 fully saturated rings. The van der Waals surface area contributed by atoms with E-state index in [1.165, 1.54) is 38.1 Å². The summed E-state index contributed by atoms with van der Waals surface area (Å²) in [6.07, 6.45) is -4.24. The van der Waals surface area contributed by atoms with Crippen molar-refractivity contribution in [2.24, 2.45) is 34.6 Å². The van der Waals surface area contributed by atoms with Crippen LogP contribution in [0.3, 0.4) is 0 Å². The molecule has 98 heavy (non-hydrogen) atoms. The van der Waals surface area contributed by atoms with Crippen LogP contribution in [-0.4, -0.2) is 237 Å². The first-order valence-electron chi connectivity index (χ1n) is 31.5. The molecule has 0 aliphatic heterocycles. The zero-order valence-electron chi connectivity index (χ0n) is 55.2. The van der Waals surface area contributed by atoms with Crippen molar-refractivity contribution < 1.29 is 107 Å². The number of nitrogens with one attached hydrogen (secondary N) is 12. The number of nitrogens with two attached hydrogens (primary N) is 5. The van der Waals surface area contributed by atoms with Gasteiger partial charge in [-0.25, -0.2) is 0 Å². The number of primary amides is 3. The Hall–Kier alpha value is -9.70. The van der Waals surface area contributed by atoms with Gasteiger partial charge >= 0.3 is 5.97 Å². The Morgan fingerprint density at radius 3 is 1.20 bits per heavy atom. The molecule has 0 unspecified atom stereocenters. The van der Waals surface area contributed by atoms with E-state index in [2.05, 4.69) is 63.8 Å². The lowest BCUT2D eigenvalue weighted by molar-refractivity contribution is -0.138. The van der Waals surface area contributed by atoms with Crippen molar-refractivity contribution in [2.75, 3.05) is 32.9 Å². The molecule has 0 heterocycles. The number of aromatic hydroxyl groups is 1. The summed E-state index contributed by atoms with van der Waals surface area (Å²) in [5, 5.41) is 88.3. The fourth-order valence-corrected chi connectivity index (χ4v) is 9.14. The SMILES string of the molecule is CC[C@H](C)[C@H](NC(=O)[C@H](CCCCN)NC(=O)[C@H](CC(N)=O)NC(=O)[C@H](C)NC(C)=O)C(=O)N[C@@H](CO)C(=O)N[C@@H](Cc1ccc(O)cc1)C(=O)N[C@@H](CCC(N)=O)C(=O)N[C@@H](CO)C(=O)N[C@@H](CO)C(=O)N[C@H](CCCCN)C(=O)N[C@H](C(=O)N[C@H](CCC(=O)O)C(N)=O)[C@@H](C)O. The van der Waals surface area contributed by atoms with E-state index in [1.807, 2.05) is 0 Å². The Morgan fingerprint density at radius 1 is 0.429 bits per heavy atom. The minimum atomic E-state index is -2.02. The van der Waals surface area contributed by atoms with Gasteiger partial charge < -0.3 is 123 Å². The number of carbonyl (C=O) groups is 16. The molecule has 1 aromatic rings. The number of carbonyl (C=O) groups excluding carboxylic acids is 15. The van der Waals surface area contributed by atoms with Gasteiger partial charge in [0, 0.05) is 26.2 Å². The topological polar surface area (TPSA) is 669 Å². The normalized spacial score (nSPS) is 15.3. The van der Waals surface area contributed by atoms with Gasteiger partial charge in [-0.2, -0.15) is 0 Å². The Labute approximate surface area is 563 Å². The van der Waals surface area contributed by atoms with E-state index in [4.69, 9.17) is 33.8 Å². The summed E-state index contributed by atoms with van der Waals surface area (Å²) in [7, 11) is 0. The number of benzene rings is 1. The molecule has 0 aliphatic rings. The van der Waals surface area contributed by atoms with Gasteiger partial charge in [0.05, 0.1) is 32.3 Å². The number of hydrogen-bond acceptors (Lipinski definition) is 23. The fourth-order valence-electron chi connectivity index (χ4n) is 9.14. The third-order valence-corrected chi connectivity index (χ3v) is 14.9. The quantitative estimate of drug-likeness (QED) is 0.0269. The van der Waals surface area contributed by atoms with E-state index in [0.29, 0.717) is 6.42 Å². The first-order valence-corrected chi connectivity index (χ1v) is 31.5. The number of carboxylic acid groups (broad SMARTS) is 1. The number of rotatable bonds is 48. The van der Waals surface area contributed by atoms with Crippen LogP contribution in [0.4, 0.5) is 0 Å². The van der Waals surface area contributed by atoms with E-state index >= 15 is 0 Å². The lowest BCUT2D eigenvalue weighted by atomic mass is 9.97. The van der Waals surface area contributed by atoms with Gasteiger partial charge in [0.15, 0.2) is 0 Å². The number of phenolic OH excluding ortho intramolecular Hbond substituents is 1. The highest BCUT2D eigenvalue weighted by Gasteiger charge is 2.38. The maximum absolute atomic E-state index is 14.4. The summed E-state index contributed by atoms with van der Waals surface area (Å²) >= 11 is 0. The number of unbranched alkanes of at least 4 members (excludes halogenated alkanes) is 2. The van der Waals surface area contributed by atoms with Crippen LogP contribution in [0, 0.1) is 5.92 Å². The van der Waals surface area contributed by atoms with Crippen LogP contribution in [-0.2, 0) is 83.1 Å². The molecule has 28 N–H and O–H groups in total. The van der Waals surface area contributed by atoms with Crippen molar-refractivity contribution in [3.8, 4) is 5.75 Å². The highest BCUT2D eigenvalue weighted by Crippen LogP contribution is 2.15. The first kappa shape index (κ1) is 86.3. The molecule has 0 aliphatic carbocycles. The second-order valence-corrected chi connectivity index (χ2v) is 23.1. The van der Waals surface area contributed by atoms with Crippen LogP contribution in [0.1, 0.15) is 117 Å². The van der Waals surface area contributed by atoms with E-state index < -0.39 is 237 Å². The van der Waals surface area contributed by atoms with E-state index in [-0.39, 0.29) is 62.9 Å². The molecule has 14 atom stereocenters. The Kier molecular flexibility index (Phi) is 39.6. The van der Waals surface area contributed by atoms with Gasteiger partial charge in [0.25, 0.3) is 0 Å². The molecular weight excluding hydrogens is 1300 g/mol. The molecule has 0 saturated carbocycles. The van der Waals surface area contributed by atoms with Gasteiger partial charge in [-0.15, -0.1) is 0 Å². The summed E-state index contributed by atoms with van der Waals surface area (Å²) in [6, 6.07) is -15.2. The fraction of sp³-hybridized carbons (Fsp3) is 0.627. The van der Waals surface area contributed by atoms with Crippen LogP contribution in [0.2, 0.25) is 0 Å². The highest BCUT2D eigenvalue weighted by atomic mass is 16.4. The summed E-state index contributed by atoms with van der Waals surface area (Å²) in [5.74, 6) is -18.6. The summed E-state index contributed by atoms with van der Waals surface area (Å²) in [5.41, 5.74) is 27.6. The van der Waals surface area contributed by atoms with Gasteiger partial charge in [0.1, 0.15) is 78.3 Å². The molecule has 15 amide bonds.